The lowest BCUT2D eigenvalue weighted by atomic mass is 9.96. The Hall–Kier alpha value is -0.770. The van der Waals surface area contributed by atoms with E-state index in [-0.39, 0.29) is 30.4 Å². The molecule has 0 aromatic carbocycles. The number of piperidine rings is 1. The molecule has 1 rings (SSSR count). The highest BCUT2D eigenvalue weighted by atomic mass is 35.5. The lowest BCUT2D eigenvalue weighted by Crippen LogP contribution is -2.44. The van der Waals surface area contributed by atoms with Crippen LogP contribution in [0.15, 0.2) is 0 Å². The van der Waals surface area contributed by atoms with E-state index in [2.05, 4.69) is 5.32 Å². The molecule has 1 aliphatic heterocycles. The molecule has 1 saturated heterocycles. The molecule has 0 aliphatic carbocycles. The van der Waals surface area contributed by atoms with Crippen molar-refractivity contribution >= 4 is 24.2 Å². The Morgan fingerprint density at radius 2 is 2.31 bits per heavy atom. The van der Waals surface area contributed by atoms with Crippen molar-refractivity contribution in [3.05, 3.63) is 0 Å². The number of amidine groups is 1. The first kappa shape index (κ1) is 12.2. The fourth-order valence-corrected chi connectivity index (χ4v) is 1.32. The summed E-state index contributed by atoms with van der Waals surface area (Å²) in [5.41, 5.74) is 0. The van der Waals surface area contributed by atoms with Gasteiger partial charge in [0.25, 0.3) is 0 Å². The molecule has 0 bridgehead atoms. The Balaban J connectivity index is 0.00000144. The summed E-state index contributed by atoms with van der Waals surface area (Å²) in [7, 11) is 0. The third-order valence-corrected chi connectivity index (χ3v) is 1.99. The maximum absolute atomic E-state index is 10.6. The van der Waals surface area contributed by atoms with Gasteiger partial charge in [0.2, 0.25) is 0 Å². The number of esters is 1. The lowest BCUT2D eigenvalue weighted by molar-refractivity contribution is -0.148. The summed E-state index contributed by atoms with van der Waals surface area (Å²) in [5.74, 6) is 0.538. The molecule has 5 heteroatoms. The van der Waals surface area contributed by atoms with Crippen LogP contribution in [-0.2, 0) is 9.53 Å². The molecular weight excluding hydrogens is 192 g/mol. The zero-order chi connectivity index (χ0) is 9.14. The van der Waals surface area contributed by atoms with Crippen molar-refractivity contribution in [2.24, 2.45) is 5.92 Å². The van der Waals surface area contributed by atoms with E-state index in [1.807, 2.05) is 6.92 Å². The van der Waals surface area contributed by atoms with Gasteiger partial charge in [-0.3, -0.25) is 10.2 Å². The SMILES string of the molecule is CC(=O)O[C@@H]1CNC(=N)C[C@H]1C.Cl. The minimum Gasteiger partial charge on any atom is -0.460 e. The zero-order valence-corrected chi connectivity index (χ0v) is 8.61. The molecule has 76 valence electrons. The summed E-state index contributed by atoms with van der Waals surface area (Å²) < 4.78 is 5.05. The minimum atomic E-state index is -0.248. The predicted octanol–water partition coefficient (Wildman–Crippen LogP) is 0.947. The van der Waals surface area contributed by atoms with Gasteiger partial charge in [-0.1, -0.05) is 6.92 Å². The van der Waals surface area contributed by atoms with Gasteiger partial charge in [0.15, 0.2) is 0 Å². The topological polar surface area (TPSA) is 62.2 Å². The van der Waals surface area contributed by atoms with E-state index in [1.54, 1.807) is 0 Å². The van der Waals surface area contributed by atoms with Gasteiger partial charge in [-0.2, -0.15) is 0 Å². The molecule has 2 atom stereocenters. The maximum Gasteiger partial charge on any atom is 0.302 e. The first-order valence-corrected chi connectivity index (χ1v) is 4.08. The van der Waals surface area contributed by atoms with Crippen molar-refractivity contribution in [1.29, 1.82) is 5.41 Å². The highest BCUT2D eigenvalue weighted by Gasteiger charge is 2.25. The monoisotopic (exact) mass is 206 g/mol. The Morgan fingerprint density at radius 3 is 2.77 bits per heavy atom. The van der Waals surface area contributed by atoms with Crippen LogP contribution in [-0.4, -0.2) is 24.5 Å². The second-order valence-electron chi connectivity index (χ2n) is 3.19. The highest BCUT2D eigenvalue weighted by molar-refractivity contribution is 5.85. The summed E-state index contributed by atoms with van der Waals surface area (Å²) >= 11 is 0. The smallest absolute Gasteiger partial charge is 0.302 e. The van der Waals surface area contributed by atoms with Gasteiger partial charge >= 0.3 is 5.97 Å². The number of nitrogens with one attached hydrogen (secondary N) is 2. The number of hydrogen-bond acceptors (Lipinski definition) is 3. The number of rotatable bonds is 1. The van der Waals surface area contributed by atoms with Crippen LogP contribution in [0.1, 0.15) is 20.3 Å². The highest BCUT2D eigenvalue weighted by Crippen LogP contribution is 2.15. The summed E-state index contributed by atoms with van der Waals surface area (Å²) in [6.45, 7) is 3.97. The molecule has 4 nitrogen and oxygen atoms in total. The van der Waals surface area contributed by atoms with Gasteiger partial charge in [-0.05, 0) is 0 Å². The first-order valence-electron chi connectivity index (χ1n) is 4.08. The molecular formula is C8H15ClN2O2. The molecule has 13 heavy (non-hydrogen) atoms. The number of ether oxygens (including phenoxy) is 1. The van der Waals surface area contributed by atoms with E-state index in [4.69, 9.17) is 10.1 Å². The fraction of sp³-hybridized carbons (Fsp3) is 0.750. The van der Waals surface area contributed by atoms with E-state index >= 15 is 0 Å². The molecule has 2 N–H and O–H groups in total. The van der Waals surface area contributed by atoms with Crippen LogP contribution < -0.4 is 5.32 Å². The van der Waals surface area contributed by atoms with E-state index in [9.17, 15) is 4.79 Å². The Labute approximate surface area is 84.0 Å². The van der Waals surface area contributed by atoms with Crippen molar-refractivity contribution in [3.63, 3.8) is 0 Å². The standard InChI is InChI=1S/C8H14N2O2.ClH/c1-5-3-8(9)10-4-7(5)12-6(2)11;/h5,7H,3-4H2,1-2H3,(H2,9,10);1H/t5-,7-;/m1./s1. The van der Waals surface area contributed by atoms with E-state index in [1.165, 1.54) is 6.92 Å². The van der Waals surface area contributed by atoms with Crippen molar-refractivity contribution < 1.29 is 9.53 Å². The number of carbonyl (C=O) groups is 1. The first-order chi connectivity index (χ1) is 5.59. The van der Waals surface area contributed by atoms with Crippen molar-refractivity contribution in [2.75, 3.05) is 6.54 Å². The van der Waals surface area contributed by atoms with E-state index in [0.717, 1.165) is 0 Å². The Kier molecular flexibility index (Phi) is 4.77. The average Bonchev–Trinajstić information content (AvgIpc) is 1.94. The fourth-order valence-electron chi connectivity index (χ4n) is 1.32. The van der Waals surface area contributed by atoms with Gasteiger partial charge < -0.3 is 10.1 Å². The third-order valence-electron chi connectivity index (χ3n) is 1.99. The van der Waals surface area contributed by atoms with Crippen LogP contribution in [0, 0.1) is 11.3 Å². The summed E-state index contributed by atoms with van der Waals surface area (Å²) in [5, 5.41) is 10.2. The van der Waals surface area contributed by atoms with Crippen LogP contribution in [0.4, 0.5) is 0 Å². The predicted molar refractivity (Wildman–Crippen MR) is 52.3 cm³/mol. The second-order valence-corrected chi connectivity index (χ2v) is 3.19. The quantitative estimate of drug-likeness (QED) is 0.628. The molecule has 1 aliphatic rings. The van der Waals surface area contributed by atoms with Gasteiger partial charge in [-0.25, -0.2) is 0 Å². The molecule has 0 saturated carbocycles. The van der Waals surface area contributed by atoms with Crippen LogP contribution in [0.25, 0.3) is 0 Å². The molecule has 0 spiro atoms. The van der Waals surface area contributed by atoms with E-state index in [0.29, 0.717) is 18.8 Å². The van der Waals surface area contributed by atoms with Crippen molar-refractivity contribution in [1.82, 2.24) is 5.32 Å². The zero-order valence-electron chi connectivity index (χ0n) is 7.79. The third kappa shape index (κ3) is 3.63. The number of carbonyl (C=O) groups excluding carboxylic acids is 1. The minimum absolute atomic E-state index is 0. The van der Waals surface area contributed by atoms with Crippen LogP contribution in [0.2, 0.25) is 0 Å². The Morgan fingerprint density at radius 1 is 1.69 bits per heavy atom. The summed E-state index contributed by atoms with van der Waals surface area (Å²) in [6, 6.07) is 0. The van der Waals surface area contributed by atoms with Gasteiger partial charge in [0.05, 0.1) is 12.4 Å². The maximum atomic E-state index is 10.6. The molecule has 0 amide bonds. The summed E-state index contributed by atoms with van der Waals surface area (Å²) in [4.78, 5) is 10.6. The Bertz CT molecular complexity index is 208. The van der Waals surface area contributed by atoms with Crippen LogP contribution in [0.3, 0.4) is 0 Å². The second kappa shape index (κ2) is 5.07. The van der Waals surface area contributed by atoms with Gasteiger partial charge in [0.1, 0.15) is 6.10 Å². The molecule has 0 aromatic rings. The molecule has 1 fully saturated rings. The van der Waals surface area contributed by atoms with E-state index < -0.39 is 0 Å². The molecule has 0 radical (unpaired) electrons. The normalized spacial score (nSPS) is 27.1. The number of halogens is 1. The largest absolute Gasteiger partial charge is 0.460 e. The number of hydrogen-bond donors (Lipinski definition) is 2. The van der Waals surface area contributed by atoms with Crippen molar-refractivity contribution in [3.8, 4) is 0 Å². The van der Waals surface area contributed by atoms with Gasteiger partial charge in [0, 0.05) is 19.3 Å². The average molecular weight is 207 g/mol. The molecule has 0 unspecified atom stereocenters. The molecule has 0 aromatic heterocycles. The van der Waals surface area contributed by atoms with Crippen LogP contribution in [0.5, 0.6) is 0 Å². The molecule has 1 heterocycles. The van der Waals surface area contributed by atoms with Crippen molar-refractivity contribution in [2.45, 2.75) is 26.4 Å². The summed E-state index contributed by atoms with van der Waals surface area (Å²) in [6.07, 6.45) is 0.592. The lowest BCUT2D eigenvalue weighted by Gasteiger charge is -2.29. The van der Waals surface area contributed by atoms with Gasteiger partial charge in [-0.15, -0.1) is 12.4 Å². The van der Waals surface area contributed by atoms with Crippen LogP contribution >= 0.6 is 12.4 Å².